The lowest BCUT2D eigenvalue weighted by molar-refractivity contribution is -0.274. The molecule has 0 saturated carbocycles. The van der Waals surface area contributed by atoms with Crippen molar-refractivity contribution in [2.24, 2.45) is 0 Å². The Kier molecular flexibility index (Phi) is 6.43. The van der Waals surface area contributed by atoms with E-state index in [0.717, 1.165) is 0 Å². The lowest BCUT2D eigenvalue weighted by Gasteiger charge is -2.28. The van der Waals surface area contributed by atoms with E-state index < -0.39 is 18.4 Å². The van der Waals surface area contributed by atoms with Gasteiger partial charge in [0.15, 0.2) is 5.11 Å². The van der Waals surface area contributed by atoms with Gasteiger partial charge in [0.05, 0.1) is 24.8 Å². The number of halogens is 3. The van der Waals surface area contributed by atoms with Crippen LogP contribution in [-0.2, 0) is 16.0 Å². The topological polar surface area (TPSA) is 79.8 Å². The van der Waals surface area contributed by atoms with E-state index in [1.165, 1.54) is 18.2 Å². The summed E-state index contributed by atoms with van der Waals surface area (Å²) in [4.78, 5) is 12.2. The minimum Gasteiger partial charge on any atom is -0.462 e. The van der Waals surface area contributed by atoms with Crippen LogP contribution in [0.15, 0.2) is 35.5 Å². The highest BCUT2D eigenvalue weighted by Gasteiger charge is 2.31. The first-order valence-electron chi connectivity index (χ1n) is 7.60. The average molecular weight is 390 g/mol. The standard InChI is InChI=1S/C16H17F3N2O4S/c1-9-13(12(8-22)21-15(26)20-9)14(23)24-6-5-10-3-2-4-11(7-10)25-16(17,18)19/h2-4,7,12,22H,5-6,8H2,1H3,(H2,20,21,26). The first-order valence-corrected chi connectivity index (χ1v) is 8.01. The van der Waals surface area contributed by atoms with Gasteiger partial charge in [0.1, 0.15) is 5.75 Å². The first-order chi connectivity index (χ1) is 12.2. The third-order valence-electron chi connectivity index (χ3n) is 3.52. The molecule has 10 heteroatoms. The van der Waals surface area contributed by atoms with Crippen LogP contribution in [0.1, 0.15) is 12.5 Å². The quantitative estimate of drug-likeness (QED) is 0.505. The van der Waals surface area contributed by atoms with Gasteiger partial charge in [0.25, 0.3) is 0 Å². The molecule has 0 saturated heterocycles. The van der Waals surface area contributed by atoms with Gasteiger partial charge >= 0.3 is 12.3 Å². The fraction of sp³-hybridized carbons (Fsp3) is 0.375. The van der Waals surface area contributed by atoms with Crippen molar-refractivity contribution in [1.29, 1.82) is 0 Å². The molecular weight excluding hydrogens is 373 g/mol. The molecule has 6 nitrogen and oxygen atoms in total. The zero-order chi connectivity index (χ0) is 19.3. The molecule has 1 unspecified atom stereocenters. The molecular formula is C16H17F3N2O4S. The van der Waals surface area contributed by atoms with Crippen molar-refractivity contribution >= 4 is 23.3 Å². The predicted molar refractivity (Wildman–Crippen MR) is 90.2 cm³/mol. The molecule has 0 aromatic heterocycles. The lowest BCUT2D eigenvalue weighted by Crippen LogP contribution is -2.51. The largest absolute Gasteiger partial charge is 0.573 e. The van der Waals surface area contributed by atoms with E-state index >= 15 is 0 Å². The smallest absolute Gasteiger partial charge is 0.462 e. The minimum atomic E-state index is -4.77. The van der Waals surface area contributed by atoms with Crippen LogP contribution < -0.4 is 15.4 Å². The van der Waals surface area contributed by atoms with Crippen LogP contribution in [0.5, 0.6) is 5.75 Å². The zero-order valence-electron chi connectivity index (χ0n) is 13.7. The van der Waals surface area contributed by atoms with Gasteiger partial charge in [-0.05, 0) is 36.8 Å². The van der Waals surface area contributed by atoms with Crippen molar-refractivity contribution in [1.82, 2.24) is 10.6 Å². The number of rotatable bonds is 6. The van der Waals surface area contributed by atoms with Crippen molar-refractivity contribution in [3.05, 3.63) is 41.1 Å². The Morgan fingerprint density at radius 1 is 1.38 bits per heavy atom. The summed E-state index contributed by atoms with van der Waals surface area (Å²) in [5.41, 5.74) is 1.21. The number of alkyl halides is 3. The van der Waals surface area contributed by atoms with Gasteiger partial charge in [-0.1, -0.05) is 12.1 Å². The van der Waals surface area contributed by atoms with E-state index in [1.807, 2.05) is 0 Å². The Labute approximate surface area is 153 Å². The molecule has 0 bridgehead atoms. The molecule has 0 spiro atoms. The van der Waals surface area contributed by atoms with Crippen molar-refractivity contribution in [3.8, 4) is 5.75 Å². The second-order valence-electron chi connectivity index (χ2n) is 5.45. The lowest BCUT2D eigenvalue weighted by atomic mass is 10.0. The Morgan fingerprint density at radius 3 is 2.77 bits per heavy atom. The van der Waals surface area contributed by atoms with Crippen LogP contribution in [0.4, 0.5) is 13.2 Å². The average Bonchev–Trinajstić information content (AvgIpc) is 2.52. The molecule has 26 heavy (non-hydrogen) atoms. The number of carbonyl (C=O) groups excluding carboxylic acids is 1. The van der Waals surface area contributed by atoms with Crippen molar-refractivity contribution in [3.63, 3.8) is 0 Å². The number of allylic oxidation sites excluding steroid dienone is 1. The summed E-state index contributed by atoms with van der Waals surface area (Å²) in [6.07, 6.45) is -4.56. The summed E-state index contributed by atoms with van der Waals surface area (Å²) >= 11 is 4.96. The zero-order valence-corrected chi connectivity index (χ0v) is 14.5. The molecule has 142 valence electrons. The predicted octanol–water partition coefficient (Wildman–Crippen LogP) is 1.78. The summed E-state index contributed by atoms with van der Waals surface area (Å²) in [5, 5.41) is 15.2. The maximum Gasteiger partial charge on any atom is 0.573 e. The van der Waals surface area contributed by atoms with Gasteiger partial charge < -0.3 is 25.2 Å². The van der Waals surface area contributed by atoms with Gasteiger partial charge in [-0.25, -0.2) is 4.79 Å². The summed E-state index contributed by atoms with van der Waals surface area (Å²) in [7, 11) is 0. The van der Waals surface area contributed by atoms with E-state index in [1.54, 1.807) is 13.0 Å². The molecule has 3 N–H and O–H groups in total. The molecule has 1 atom stereocenters. The Hall–Kier alpha value is -2.33. The van der Waals surface area contributed by atoms with Gasteiger partial charge in [0.2, 0.25) is 0 Å². The van der Waals surface area contributed by atoms with Gasteiger partial charge in [0, 0.05) is 12.1 Å². The summed E-state index contributed by atoms with van der Waals surface area (Å²) < 4.78 is 45.7. The van der Waals surface area contributed by atoms with Crippen LogP contribution in [-0.4, -0.2) is 41.8 Å². The summed E-state index contributed by atoms with van der Waals surface area (Å²) in [6.45, 7) is 1.23. The van der Waals surface area contributed by atoms with Gasteiger partial charge in [-0.3, -0.25) is 0 Å². The number of benzene rings is 1. The number of esters is 1. The second-order valence-corrected chi connectivity index (χ2v) is 5.86. The maximum atomic E-state index is 12.2. The Morgan fingerprint density at radius 2 is 2.12 bits per heavy atom. The SMILES string of the molecule is CC1=C(C(=O)OCCc2cccc(OC(F)(F)F)c2)C(CO)NC(=S)N1. The fourth-order valence-electron chi connectivity index (χ4n) is 2.44. The number of hydrogen-bond acceptors (Lipinski definition) is 5. The number of ether oxygens (including phenoxy) is 2. The Balaban J connectivity index is 1.95. The number of nitrogens with one attached hydrogen (secondary N) is 2. The maximum absolute atomic E-state index is 12.2. The molecule has 2 rings (SSSR count). The normalized spacial score (nSPS) is 17.4. The van der Waals surface area contributed by atoms with Crippen LogP contribution in [0.3, 0.4) is 0 Å². The van der Waals surface area contributed by atoms with Gasteiger partial charge in [-0.15, -0.1) is 13.2 Å². The highest BCUT2D eigenvalue weighted by molar-refractivity contribution is 7.80. The molecule has 1 aromatic rings. The van der Waals surface area contributed by atoms with Crippen LogP contribution in [0.25, 0.3) is 0 Å². The molecule has 1 aliphatic heterocycles. The van der Waals surface area contributed by atoms with Crippen LogP contribution >= 0.6 is 12.2 Å². The highest BCUT2D eigenvalue weighted by atomic mass is 32.1. The monoisotopic (exact) mass is 390 g/mol. The van der Waals surface area contributed by atoms with Crippen LogP contribution in [0.2, 0.25) is 0 Å². The van der Waals surface area contributed by atoms with E-state index in [0.29, 0.717) is 16.4 Å². The van der Waals surface area contributed by atoms with Crippen molar-refractivity contribution in [2.45, 2.75) is 25.7 Å². The summed E-state index contributed by atoms with van der Waals surface area (Å²) in [5.74, 6) is -0.985. The second kappa shape index (κ2) is 8.37. The number of aliphatic hydroxyl groups is 1. The van der Waals surface area contributed by atoms with Gasteiger partial charge in [-0.2, -0.15) is 0 Å². The third kappa shape index (κ3) is 5.60. The van der Waals surface area contributed by atoms with E-state index in [4.69, 9.17) is 17.0 Å². The van der Waals surface area contributed by atoms with E-state index in [2.05, 4.69) is 15.4 Å². The number of hydrogen-bond donors (Lipinski definition) is 3. The number of aliphatic hydroxyl groups excluding tert-OH is 1. The Bertz CT molecular complexity index is 722. The molecule has 0 fully saturated rings. The van der Waals surface area contributed by atoms with Crippen molar-refractivity contribution < 1.29 is 32.5 Å². The van der Waals surface area contributed by atoms with Crippen LogP contribution in [0, 0.1) is 0 Å². The number of carbonyl (C=O) groups is 1. The fourth-order valence-corrected chi connectivity index (χ4v) is 2.73. The summed E-state index contributed by atoms with van der Waals surface area (Å²) in [6, 6.07) is 4.75. The van der Waals surface area contributed by atoms with E-state index in [9.17, 15) is 23.1 Å². The molecule has 1 aliphatic rings. The van der Waals surface area contributed by atoms with E-state index in [-0.39, 0.29) is 31.0 Å². The number of thiocarbonyl (C=S) groups is 1. The minimum absolute atomic E-state index is 0.0479. The highest BCUT2D eigenvalue weighted by Crippen LogP contribution is 2.23. The molecule has 0 radical (unpaired) electrons. The molecule has 0 aliphatic carbocycles. The molecule has 1 aromatic carbocycles. The first kappa shape index (κ1) is 20.0. The third-order valence-corrected chi connectivity index (χ3v) is 3.74. The molecule has 1 heterocycles. The molecule has 0 amide bonds. The van der Waals surface area contributed by atoms with Crippen molar-refractivity contribution in [2.75, 3.05) is 13.2 Å².